The summed E-state index contributed by atoms with van der Waals surface area (Å²) in [5.74, 6) is 0.992. The monoisotopic (exact) mass is 558 g/mol. The molecule has 0 unspecified atom stereocenters. The predicted molar refractivity (Wildman–Crippen MR) is 164 cm³/mol. The predicted octanol–water partition coefficient (Wildman–Crippen LogP) is 4.48. The van der Waals surface area contributed by atoms with Crippen molar-refractivity contribution in [1.29, 1.82) is 0 Å². The Morgan fingerprint density at radius 1 is 0.800 bits per heavy atom. The molecule has 1 aromatic heterocycles. The maximum atomic E-state index is 6.51. The molecule has 228 valence electrons. The second-order valence-electron chi connectivity index (χ2n) is 15.1. The van der Waals surface area contributed by atoms with E-state index < -0.39 is 0 Å². The minimum Gasteiger partial charge on any atom is -0.374 e. The summed E-state index contributed by atoms with van der Waals surface area (Å²) in [6, 6.07) is 0.604. The topological polar surface area (TPSA) is 66.0 Å². The van der Waals surface area contributed by atoms with Crippen LogP contribution >= 0.6 is 0 Å². The first-order valence-corrected chi connectivity index (χ1v) is 15.8. The molecule has 0 bridgehead atoms. The molecule has 0 radical (unpaired) electrons. The summed E-state index contributed by atoms with van der Waals surface area (Å²) >= 11 is 0. The number of piperazine rings is 1. The van der Waals surface area contributed by atoms with Gasteiger partial charge in [-0.1, -0.05) is 20.8 Å². The molecule has 3 aliphatic rings. The third kappa shape index (κ3) is 9.35. The second-order valence-corrected chi connectivity index (χ2v) is 15.1. The third-order valence-corrected chi connectivity index (χ3v) is 9.09. The van der Waals surface area contributed by atoms with Crippen LogP contribution in [-0.4, -0.2) is 108 Å². The third-order valence-electron chi connectivity index (χ3n) is 9.09. The molecule has 1 saturated carbocycles. The number of likely N-dealkylation sites (tertiary alicyclic amines) is 1. The Balaban J connectivity index is 1.09. The van der Waals surface area contributed by atoms with Gasteiger partial charge in [0.15, 0.2) is 0 Å². The van der Waals surface area contributed by atoms with Crippen LogP contribution in [0.3, 0.4) is 0 Å². The van der Waals surface area contributed by atoms with Crippen LogP contribution in [0.2, 0.25) is 0 Å². The maximum Gasteiger partial charge on any atom is 0.147 e. The molecule has 40 heavy (non-hydrogen) atoms. The lowest BCUT2D eigenvalue weighted by Crippen LogP contribution is -2.48. The fourth-order valence-corrected chi connectivity index (χ4v) is 6.28. The SMILES string of the molecule is CC(C)(C)N[C@H]1CCN(CCOC2(C)CCC(C)(OCCN3CCN(c4cnc(C(C)(C)C)cn4)CC3)CC2)C1. The smallest absolute Gasteiger partial charge is 0.147 e. The van der Waals surface area contributed by atoms with Crippen molar-refractivity contribution in [2.45, 2.75) is 116 Å². The van der Waals surface area contributed by atoms with Gasteiger partial charge in [-0.05, 0) is 73.3 Å². The van der Waals surface area contributed by atoms with Crippen molar-refractivity contribution in [1.82, 2.24) is 25.1 Å². The number of ether oxygens (including phenoxy) is 2. The average Bonchev–Trinajstić information content (AvgIpc) is 3.32. The summed E-state index contributed by atoms with van der Waals surface area (Å²) in [4.78, 5) is 16.8. The van der Waals surface area contributed by atoms with Crippen molar-refractivity contribution >= 4 is 5.82 Å². The summed E-state index contributed by atoms with van der Waals surface area (Å²) in [6.07, 6.45) is 9.40. The molecule has 3 heterocycles. The Bertz CT molecular complexity index is 909. The van der Waals surface area contributed by atoms with Crippen molar-refractivity contribution < 1.29 is 9.47 Å². The van der Waals surface area contributed by atoms with Crippen LogP contribution in [0.5, 0.6) is 0 Å². The van der Waals surface area contributed by atoms with Crippen molar-refractivity contribution in [3.05, 3.63) is 18.1 Å². The molecule has 1 atom stereocenters. The molecule has 1 aromatic rings. The van der Waals surface area contributed by atoms with E-state index in [1.54, 1.807) is 0 Å². The fraction of sp³-hybridized carbons (Fsp3) is 0.875. The number of nitrogens with one attached hydrogen (secondary N) is 1. The van der Waals surface area contributed by atoms with Crippen molar-refractivity contribution in [2.24, 2.45) is 0 Å². The quantitative estimate of drug-likeness (QED) is 0.451. The first kappa shape index (κ1) is 31.6. The molecular weight excluding hydrogens is 500 g/mol. The molecule has 8 nitrogen and oxygen atoms in total. The molecule has 0 amide bonds. The van der Waals surface area contributed by atoms with E-state index in [1.807, 2.05) is 12.4 Å². The highest BCUT2D eigenvalue weighted by Gasteiger charge is 2.39. The fourth-order valence-electron chi connectivity index (χ4n) is 6.28. The van der Waals surface area contributed by atoms with Gasteiger partial charge in [0.2, 0.25) is 0 Å². The van der Waals surface area contributed by atoms with E-state index in [1.165, 1.54) is 13.0 Å². The van der Waals surface area contributed by atoms with E-state index in [-0.39, 0.29) is 22.2 Å². The van der Waals surface area contributed by atoms with Gasteiger partial charge in [-0.3, -0.25) is 14.8 Å². The highest BCUT2D eigenvalue weighted by molar-refractivity contribution is 5.37. The lowest BCUT2D eigenvalue weighted by Gasteiger charge is -2.43. The first-order valence-electron chi connectivity index (χ1n) is 15.8. The molecule has 1 aliphatic carbocycles. The van der Waals surface area contributed by atoms with Gasteiger partial charge in [-0.25, -0.2) is 4.98 Å². The number of nitrogens with zero attached hydrogens (tertiary/aromatic N) is 5. The highest BCUT2D eigenvalue weighted by atomic mass is 16.5. The van der Waals surface area contributed by atoms with Crippen molar-refractivity contribution in [3.8, 4) is 0 Å². The van der Waals surface area contributed by atoms with Gasteiger partial charge in [-0.15, -0.1) is 0 Å². The molecule has 0 spiro atoms. The highest BCUT2D eigenvalue weighted by Crippen LogP contribution is 2.39. The van der Waals surface area contributed by atoms with E-state index in [0.29, 0.717) is 6.04 Å². The van der Waals surface area contributed by atoms with Gasteiger partial charge >= 0.3 is 0 Å². The minimum atomic E-state index is -0.0319. The van der Waals surface area contributed by atoms with Crippen LogP contribution in [0.25, 0.3) is 0 Å². The largest absolute Gasteiger partial charge is 0.374 e. The average molecular weight is 559 g/mol. The van der Waals surface area contributed by atoms with Crippen molar-refractivity contribution in [3.63, 3.8) is 0 Å². The summed E-state index contributed by atoms with van der Waals surface area (Å²) in [6.45, 7) is 27.9. The second kappa shape index (κ2) is 12.9. The van der Waals surface area contributed by atoms with E-state index in [4.69, 9.17) is 14.5 Å². The summed E-state index contributed by atoms with van der Waals surface area (Å²) in [7, 11) is 0. The number of anilines is 1. The van der Waals surface area contributed by atoms with Gasteiger partial charge in [0, 0.05) is 62.8 Å². The summed E-state index contributed by atoms with van der Waals surface area (Å²) in [5, 5.41) is 3.75. The summed E-state index contributed by atoms with van der Waals surface area (Å²) < 4.78 is 13.0. The number of aromatic nitrogens is 2. The Kier molecular flexibility index (Phi) is 10.2. The lowest BCUT2D eigenvalue weighted by atomic mass is 9.77. The standard InChI is InChI=1S/C32H58N6O2/c1-29(2,3)27-23-34-28(24-33-27)38-17-15-36(16-18-38)19-21-39-31(7)10-12-32(8,13-11-31)40-22-20-37-14-9-26(25-37)35-30(4,5)6/h23-24,26,35H,9-22,25H2,1-8H3/t26-,31?,32?/m0/s1. The molecule has 0 aromatic carbocycles. The Labute approximate surface area is 244 Å². The van der Waals surface area contributed by atoms with E-state index in [0.717, 1.165) is 96.2 Å². The maximum absolute atomic E-state index is 6.51. The first-order chi connectivity index (χ1) is 18.7. The number of hydrogen-bond acceptors (Lipinski definition) is 8. The number of rotatable bonds is 10. The Morgan fingerprint density at radius 2 is 1.38 bits per heavy atom. The normalized spacial score (nSPS) is 29.3. The minimum absolute atomic E-state index is 0.0179. The zero-order valence-electron chi connectivity index (χ0n) is 26.9. The molecular formula is C32H58N6O2. The molecule has 8 heteroatoms. The zero-order chi connectivity index (χ0) is 29.0. The van der Waals surface area contributed by atoms with Crippen LogP contribution in [0.4, 0.5) is 5.82 Å². The van der Waals surface area contributed by atoms with Gasteiger partial charge in [-0.2, -0.15) is 0 Å². The van der Waals surface area contributed by atoms with Gasteiger partial charge < -0.3 is 19.7 Å². The molecule has 2 saturated heterocycles. The van der Waals surface area contributed by atoms with Crippen LogP contribution in [0.1, 0.15) is 93.2 Å². The zero-order valence-corrected chi connectivity index (χ0v) is 26.9. The Morgan fingerprint density at radius 3 is 1.88 bits per heavy atom. The molecule has 4 rings (SSSR count). The van der Waals surface area contributed by atoms with Gasteiger partial charge in [0.25, 0.3) is 0 Å². The van der Waals surface area contributed by atoms with E-state index in [9.17, 15) is 0 Å². The van der Waals surface area contributed by atoms with E-state index in [2.05, 4.69) is 80.4 Å². The van der Waals surface area contributed by atoms with Gasteiger partial charge in [0.05, 0.1) is 42.5 Å². The molecule has 2 aliphatic heterocycles. The van der Waals surface area contributed by atoms with Crippen LogP contribution < -0.4 is 10.2 Å². The Hall–Kier alpha value is -1.32. The van der Waals surface area contributed by atoms with Crippen LogP contribution in [0, 0.1) is 0 Å². The molecule has 3 fully saturated rings. The van der Waals surface area contributed by atoms with Crippen molar-refractivity contribution in [2.75, 3.05) is 70.5 Å². The molecule has 1 N–H and O–H groups in total. The van der Waals surface area contributed by atoms with Gasteiger partial charge in [0.1, 0.15) is 5.82 Å². The summed E-state index contributed by atoms with van der Waals surface area (Å²) in [5.41, 5.74) is 1.21. The van der Waals surface area contributed by atoms with E-state index >= 15 is 0 Å². The van der Waals surface area contributed by atoms with Crippen LogP contribution in [0.15, 0.2) is 12.4 Å². The lowest BCUT2D eigenvalue weighted by molar-refractivity contribution is -0.129. The number of hydrogen-bond donors (Lipinski definition) is 1. The van der Waals surface area contributed by atoms with Crippen LogP contribution in [-0.2, 0) is 14.9 Å².